The highest BCUT2D eigenvalue weighted by Gasteiger charge is 2.12. The number of rotatable bonds is 7. The first-order valence-electron chi connectivity index (χ1n) is 8.32. The molecule has 1 N–H and O–H groups in total. The van der Waals surface area contributed by atoms with Gasteiger partial charge in [0, 0.05) is 30.9 Å². The minimum atomic E-state index is -0.198. The lowest BCUT2D eigenvalue weighted by Crippen LogP contribution is -2.20. The first-order chi connectivity index (χ1) is 12.4. The van der Waals surface area contributed by atoms with Crippen LogP contribution in [0.5, 0.6) is 11.5 Å². The Morgan fingerprint density at radius 3 is 2.69 bits per heavy atom. The van der Waals surface area contributed by atoms with E-state index in [0.717, 1.165) is 22.5 Å². The second-order valence-electron chi connectivity index (χ2n) is 5.80. The molecule has 0 aliphatic carbocycles. The molecule has 0 radical (unpaired) electrons. The summed E-state index contributed by atoms with van der Waals surface area (Å²) in [4.78, 5) is 12.1. The van der Waals surface area contributed by atoms with Gasteiger partial charge in [0.2, 0.25) is 5.91 Å². The van der Waals surface area contributed by atoms with Gasteiger partial charge in [-0.3, -0.25) is 9.48 Å². The molecular weight excluding hydrogens is 354 g/mol. The zero-order chi connectivity index (χ0) is 19.3. The lowest BCUT2D eigenvalue weighted by atomic mass is 10.1. The average Bonchev–Trinajstić information content (AvgIpc) is 2.85. The van der Waals surface area contributed by atoms with E-state index in [1.54, 1.807) is 30.0 Å². The summed E-state index contributed by atoms with van der Waals surface area (Å²) < 4.78 is 12.6. The number of nitrogens with zero attached hydrogens (tertiary/aromatic N) is 2. The molecule has 2 aromatic rings. The zero-order valence-electron chi connectivity index (χ0n) is 15.7. The summed E-state index contributed by atoms with van der Waals surface area (Å²) in [5.41, 5.74) is 3.67. The Balaban J connectivity index is 2.05. The van der Waals surface area contributed by atoms with Gasteiger partial charge in [0.05, 0.1) is 24.4 Å². The second kappa shape index (κ2) is 8.76. The van der Waals surface area contributed by atoms with Crippen molar-refractivity contribution in [1.29, 1.82) is 0 Å². The molecule has 2 rings (SSSR count). The minimum absolute atomic E-state index is 0.198. The number of nitrogens with one attached hydrogen (secondary N) is 1. The van der Waals surface area contributed by atoms with Gasteiger partial charge in [0.1, 0.15) is 0 Å². The fourth-order valence-electron chi connectivity index (χ4n) is 2.60. The van der Waals surface area contributed by atoms with Gasteiger partial charge < -0.3 is 14.8 Å². The van der Waals surface area contributed by atoms with E-state index < -0.39 is 0 Å². The minimum Gasteiger partial charge on any atom is -0.493 e. The van der Waals surface area contributed by atoms with Crippen LogP contribution in [-0.2, 0) is 18.4 Å². The summed E-state index contributed by atoms with van der Waals surface area (Å²) in [5.74, 6) is 0.853. The Morgan fingerprint density at radius 2 is 2.12 bits per heavy atom. The molecule has 0 aliphatic heterocycles. The van der Waals surface area contributed by atoms with Gasteiger partial charge in [-0.15, -0.1) is 0 Å². The van der Waals surface area contributed by atoms with E-state index in [-0.39, 0.29) is 5.91 Å². The number of methoxy groups -OCH3 is 1. The number of carbonyl (C=O) groups is 1. The van der Waals surface area contributed by atoms with Crippen molar-refractivity contribution in [3.63, 3.8) is 0 Å². The summed E-state index contributed by atoms with van der Waals surface area (Å²) >= 11 is 6.24. The third-order valence-corrected chi connectivity index (χ3v) is 4.29. The lowest BCUT2D eigenvalue weighted by Gasteiger charge is -2.13. The van der Waals surface area contributed by atoms with Crippen LogP contribution >= 0.6 is 11.6 Å². The molecule has 26 heavy (non-hydrogen) atoms. The summed E-state index contributed by atoms with van der Waals surface area (Å²) in [7, 11) is 3.43. The van der Waals surface area contributed by atoms with Crippen LogP contribution in [0.1, 0.15) is 29.4 Å². The fourth-order valence-corrected chi connectivity index (χ4v) is 2.89. The molecular formula is C19H24ClN3O3. The van der Waals surface area contributed by atoms with E-state index in [1.807, 2.05) is 27.8 Å². The average molecular weight is 378 g/mol. The summed E-state index contributed by atoms with van der Waals surface area (Å²) in [6, 6.07) is 3.56. The molecule has 140 valence electrons. The molecule has 6 nitrogen and oxygen atoms in total. The maximum Gasteiger partial charge on any atom is 0.244 e. The standard InChI is InChI=1S/C19H24ClN3O3/c1-6-26-19-16(20)9-14(10-17(19)25-5)11-21-18(24)8-7-15-12(2)22-23(4)13(15)3/h7-10H,6,11H2,1-5H3,(H,21,24)/b8-7+. The Kier molecular flexibility index (Phi) is 6.69. The van der Waals surface area contributed by atoms with Crippen LogP contribution < -0.4 is 14.8 Å². The number of amides is 1. The van der Waals surface area contributed by atoms with E-state index in [4.69, 9.17) is 21.1 Å². The van der Waals surface area contributed by atoms with Crippen molar-refractivity contribution in [2.75, 3.05) is 13.7 Å². The topological polar surface area (TPSA) is 65.4 Å². The smallest absolute Gasteiger partial charge is 0.244 e. The first-order valence-corrected chi connectivity index (χ1v) is 8.70. The fraction of sp³-hybridized carbons (Fsp3) is 0.368. The molecule has 0 spiro atoms. The summed E-state index contributed by atoms with van der Waals surface area (Å²) in [6.07, 6.45) is 3.28. The van der Waals surface area contributed by atoms with E-state index >= 15 is 0 Å². The maximum atomic E-state index is 12.1. The molecule has 1 heterocycles. The maximum absolute atomic E-state index is 12.1. The van der Waals surface area contributed by atoms with Crippen LogP contribution in [0.3, 0.4) is 0 Å². The van der Waals surface area contributed by atoms with Crippen LogP contribution in [0.2, 0.25) is 5.02 Å². The van der Waals surface area contributed by atoms with Crippen molar-refractivity contribution in [2.45, 2.75) is 27.3 Å². The predicted octanol–water partition coefficient (Wildman–Crippen LogP) is 3.43. The van der Waals surface area contributed by atoms with Gasteiger partial charge in [-0.25, -0.2) is 0 Å². The third-order valence-electron chi connectivity index (χ3n) is 4.01. The van der Waals surface area contributed by atoms with Gasteiger partial charge in [-0.1, -0.05) is 11.6 Å². The van der Waals surface area contributed by atoms with Crippen LogP contribution in [0, 0.1) is 13.8 Å². The number of benzene rings is 1. The van der Waals surface area contributed by atoms with E-state index in [0.29, 0.717) is 29.7 Å². The Morgan fingerprint density at radius 1 is 1.38 bits per heavy atom. The molecule has 1 aromatic heterocycles. The van der Waals surface area contributed by atoms with Crippen molar-refractivity contribution < 1.29 is 14.3 Å². The largest absolute Gasteiger partial charge is 0.493 e. The molecule has 0 unspecified atom stereocenters. The highest BCUT2D eigenvalue weighted by Crippen LogP contribution is 2.36. The molecule has 7 heteroatoms. The number of aromatic nitrogens is 2. The van der Waals surface area contributed by atoms with E-state index in [9.17, 15) is 4.79 Å². The number of hydrogen-bond donors (Lipinski definition) is 1. The number of carbonyl (C=O) groups excluding carboxylic acids is 1. The van der Waals surface area contributed by atoms with Crippen molar-refractivity contribution in [3.05, 3.63) is 45.7 Å². The van der Waals surface area contributed by atoms with Gasteiger partial charge >= 0.3 is 0 Å². The quantitative estimate of drug-likeness (QED) is 0.751. The Labute approximate surface area is 158 Å². The van der Waals surface area contributed by atoms with Crippen molar-refractivity contribution in [1.82, 2.24) is 15.1 Å². The Hall–Kier alpha value is -2.47. The monoisotopic (exact) mass is 377 g/mol. The second-order valence-corrected chi connectivity index (χ2v) is 6.21. The molecule has 0 saturated carbocycles. The molecule has 0 fully saturated rings. The number of hydrogen-bond acceptors (Lipinski definition) is 4. The number of ether oxygens (including phenoxy) is 2. The molecule has 0 atom stereocenters. The van der Waals surface area contributed by atoms with Crippen molar-refractivity contribution in [2.24, 2.45) is 7.05 Å². The highest BCUT2D eigenvalue weighted by atomic mass is 35.5. The molecule has 1 aromatic carbocycles. The highest BCUT2D eigenvalue weighted by molar-refractivity contribution is 6.32. The van der Waals surface area contributed by atoms with Crippen LogP contribution in [-0.4, -0.2) is 29.4 Å². The SMILES string of the molecule is CCOc1c(Cl)cc(CNC(=O)/C=C/c2c(C)nn(C)c2C)cc1OC. The molecule has 0 aliphatic rings. The molecule has 0 bridgehead atoms. The van der Waals surface area contributed by atoms with Gasteiger partial charge in [-0.05, 0) is 44.5 Å². The third kappa shape index (κ3) is 4.58. The summed E-state index contributed by atoms with van der Waals surface area (Å²) in [6.45, 7) is 6.58. The van der Waals surface area contributed by atoms with Crippen molar-refractivity contribution in [3.8, 4) is 11.5 Å². The summed E-state index contributed by atoms with van der Waals surface area (Å²) in [5, 5.41) is 7.62. The van der Waals surface area contributed by atoms with Crippen LogP contribution in [0.15, 0.2) is 18.2 Å². The van der Waals surface area contributed by atoms with Crippen molar-refractivity contribution >= 4 is 23.6 Å². The molecule has 0 saturated heterocycles. The zero-order valence-corrected chi connectivity index (χ0v) is 16.5. The van der Waals surface area contributed by atoms with Crippen LogP contribution in [0.25, 0.3) is 6.08 Å². The Bertz CT molecular complexity index is 828. The van der Waals surface area contributed by atoms with Gasteiger partial charge in [-0.2, -0.15) is 5.10 Å². The van der Waals surface area contributed by atoms with Gasteiger partial charge in [0.25, 0.3) is 0 Å². The van der Waals surface area contributed by atoms with Crippen LogP contribution in [0.4, 0.5) is 0 Å². The number of halogens is 1. The predicted molar refractivity (Wildman–Crippen MR) is 103 cm³/mol. The van der Waals surface area contributed by atoms with Gasteiger partial charge in [0.15, 0.2) is 11.5 Å². The van der Waals surface area contributed by atoms with E-state index in [2.05, 4.69) is 10.4 Å². The number of aryl methyl sites for hydroxylation is 2. The molecule has 1 amide bonds. The first kappa shape index (κ1) is 19.8. The lowest BCUT2D eigenvalue weighted by molar-refractivity contribution is -0.116. The normalized spacial score (nSPS) is 11.0. The van der Waals surface area contributed by atoms with E-state index in [1.165, 1.54) is 6.08 Å².